The maximum absolute atomic E-state index is 12.7. The van der Waals surface area contributed by atoms with Gasteiger partial charge >= 0.3 is 11.9 Å². The number of hydrogen-bond donors (Lipinski definition) is 0. The molecule has 4 nitrogen and oxygen atoms in total. The van der Waals surface area contributed by atoms with Gasteiger partial charge in [-0.15, -0.1) is 0 Å². The third-order valence-electron chi connectivity index (χ3n) is 4.93. The van der Waals surface area contributed by atoms with Crippen molar-refractivity contribution in [3.8, 4) is 11.5 Å². The van der Waals surface area contributed by atoms with Gasteiger partial charge in [-0.2, -0.15) is 0 Å². The van der Waals surface area contributed by atoms with E-state index in [0.29, 0.717) is 11.5 Å². The molecule has 1 saturated carbocycles. The van der Waals surface area contributed by atoms with E-state index >= 15 is 0 Å². The summed E-state index contributed by atoms with van der Waals surface area (Å²) >= 11 is 0. The van der Waals surface area contributed by atoms with E-state index in [0.717, 1.165) is 6.42 Å². The molecule has 2 aliphatic carbocycles. The first kappa shape index (κ1) is 15.6. The number of carbonyl (C=O) groups is 2. The fourth-order valence-electron chi connectivity index (χ4n) is 3.81. The van der Waals surface area contributed by atoms with Crippen molar-refractivity contribution in [1.82, 2.24) is 0 Å². The first-order valence-corrected chi connectivity index (χ1v) is 8.44. The zero-order chi connectivity index (χ0) is 17.2. The maximum atomic E-state index is 12.7. The van der Waals surface area contributed by atoms with Gasteiger partial charge in [-0.25, -0.2) is 0 Å². The average Bonchev–Trinajstić information content (AvgIpc) is 3.24. The van der Waals surface area contributed by atoms with Crippen LogP contribution in [-0.2, 0) is 9.59 Å². The van der Waals surface area contributed by atoms with Crippen LogP contribution in [0.5, 0.6) is 11.5 Å². The molecule has 4 atom stereocenters. The highest BCUT2D eigenvalue weighted by Gasteiger charge is 2.53. The molecule has 2 aromatic carbocycles. The number of allylic oxidation sites excluding steroid dienone is 2. The molecule has 2 aromatic rings. The molecule has 0 saturated heterocycles. The molecular weight excluding hydrogens is 316 g/mol. The van der Waals surface area contributed by atoms with E-state index in [1.54, 1.807) is 24.3 Å². The van der Waals surface area contributed by atoms with Crippen LogP contribution in [0.2, 0.25) is 0 Å². The Morgan fingerprint density at radius 1 is 0.680 bits per heavy atom. The molecule has 0 amide bonds. The molecule has 4 heteroatoms. The zero-order valence-corrected chi connectivity index (χ0v) is 13.6. The number of hydrogen-bond acceptors (Lipinski definition) is 4. The van der Waals surface area contributed by atoms with E-state index in [2.05, 4.69) is 0 Å². The molecule has 1 fully saturated rings. The molecule has 0 unspecified atom stereocenters. The van der Waals surface area contributed by atoms with Crippen molar-refractivity contribution >= 4 is 11.9 Å². The fourth-order valence-corrected chi connectivity index (χ4v) is 3.81. The largest absolute Gasteiger partial charge is 0.426 e. The minimum Gasteiger partial charge on any atom is -0.426 e. The third kappa shape index (κ3) is 3.07. The summed E-state index contributed by atoms with van der Waals surface area (Å²) in [5, 5.41) is 0. The lowest BCUT2D eigenvalue weighted by molar-refractivity contribution is -0.151. The van der Waals surface area contributed by atoms with E-state index < -0.39 is 11.8 Å². The standard InChI is InChI=1S/C21H18O4/c22-20(24-16-7-3-1-4-8-16)18-14-11-12-15(13-14)19(18)21(23)25-17-9-5-2-6-10-17/h1-12,14-15,18-19H,13H2/t14-,15+,18-,19-/m1/s1. The molecular formula is C21H18O4. The zero-order valence-electron chi connectivity index (χ0n) is 13.6. The van der Waals surface area contributed by atoms with Crippen molar-refractivity contribution in [2.45, 2.75) is 6.42 Å². The number of carbonyl (C=O) groups excluding carboxylic acids is 2. The predicted octanol–water partition coefficient (Wildman–Crippen LogP) is 3.64. The number of fused-ring (bicyclic) bond motifs is 2. The van der Waals surface area contributed by atoms with Crippen LogP contribution in [0.25, 0.3) is 0 Å². The molecule has 2 aliphatic rings. The highest BCUT2D eigenvalue weighted by molar-refractivity contribution is 5.86. The van der Waals surface area contributed by atoms with E-state index in [4.69, 9.17) is 9.47 Å². The van der Waals surface area contributed by atoms with Crippen LogP contribution in [0.15, 0.2) is 72.8 Å². The molecule has 0 radical (unpaired) electrons. The van der Waals surface area contributed by atoms with Crippen LogP contribution in [0.1, 0.15) is 6.42 Å². The second-order valence-corrected chi connectivity index (χ2v) is 6.47. The van der Waals surface area contributed by atoms with E-state index in [-0.39, 0.29) is 23.8 Å². The molecule has 126 valence electrons. The summed E-state index contributed by atoms with van der Waals surface area (Å²) in [5.41, 5.74) is 0. The normalized spacial score (nSPS) is 26.4. The first-order chi connectivity index (χ1) is 12.2. The van der Waals surface area contributed by atoms with Gasteiger partial charge in [0, 0.05) is 0 Å². The second-order valence-electron chi connectivity index (χ2n) is 6.47. The van der Waals surface area contributed by atoms with Crippen molar-refractivity contribution in [2.75, 3.05) is 0 Å². The van der Waals surface area contributed by atoms with Gasteiger partial charge < -0.3 is 9.47 Å². The maximum Gasteiger partial charge on any atom is 0.315 e. The van der Waals surface area contributed by atoms with Gasteiger partial charge in [0.25, 0.3) is 0 Å². The van der Waals surface area contributed by atoms with E-state index in [1.165, 1.54) is 0 Å². The Hall–Kier alpha value is -2.88. The van der Waals surface area contributed by atoms with Crippen molar-refractivity contribution in [1.29, 1.82) is 0 Å². The van der Waals surface area contributed by atoms with Gasteiger partial charge in [-0.3, -0.25) is 9.59 Å². The SMILES string of the molecule is O=C(Oc1ccccc1)[C@H]1[C@H](C(=O)Oc2ccccc2)[C@H]2C=C[C@@H]1C2. The molecule has 2 bridgehead atoms. The van der Waals surface area contributed by atoms with Crippen LogP contribution in [0.4, 0.5) is 0 Å². The summed E-state index contributed by atoms with van der Waals surface area (Å²) in [5.74, 6) is -0.651. The Kier molecular flexibility index (Phi) is 4.10. The minimum atomic E-state index is -0.494. The van der Waals surface area contributed by atoms with Gasteiger partial charge in [-0.05, 0) is 42.5 Å². The Balaban J connectivity index is 1.52. The number of rotatable bonds is 4. The van der Waals surface area contributed by atoms with E-state index in [9.17, 15) is 9.59 Å². The Morgan fingerprint density at radius 2 is 1.08 bits per heavy atom. The minimum absolute atomic E-state index is 0.0366. The topological polar surface area (TPSA) is 52.6 Å². The van der Waals surface area contributed by atoms with Gasteiger partial charge in [0.05, 0.1) is 11.8 Å². The molecule has 0 aliphatic heterocycles. The van der Waals surface area contributed by atoms with Crippen LogP contribution in [0, 0.1) is 23.7 Å². The number of esters is 2. The van der Waals surface area contributed by atoms with Gasteiger partial charge in [0.2, 0.25) is 0 Å². The lowest BCUT2D eigenvalue weighted by Crippen LogP contribution is -2.37. The molecule has 0 aromatic heterocycles. The predicted molar refractivity (Wildman–Crippen MR) is 91.9 cm³/mol. The molecule has 0 heterocycles. The van der Waals surface area contributed by atoms with Crippen LogP contribution in [-0.4, -0.2) is 11.9 Å². The molecule has 0 N–H and O–H groups in total. The molecule has 25 heavy (non-hydrogen) atoms. The Labute approximate surface area is 146 Å². The van der Waals surface area contributed by atoms with Gasteiger partial charge in [0.15, 0.2) is 0 Å². The van der Waals surface area contributed by atoms with Crippen molar-refractivity contribution in [3.05, 3.63) is 72.8 Å². The molecule has 4 rings (SSSR count). The van der Waals surface area contributed by atoms with Crippen LogP contribution < -0.4 is 9.47 Å². The van der Waals surface area contributed by atoms with Crippen molar-refractivity contribution in [3.63, 3.8) is 0 Å². The Morgan fingerprint density at radius 3 is 1.48 bits per heavy atom. The highest BCUT2D eigenvalue weighted by Crippen LogP contribution is 2.49. The summed E-state index contributed by atoms with van der Waals surface area (Å²) in [4.78, 5) is 25.4. The smallest absolute Gasteiger partial charge is 0.315 e. The highest BCUT2D eigenvalue weighted by atomic mass is 16.5. The second kappa shape index (κ2) is 6.55. The lowest BCUT2D eigenvalue weighted by Gasteiger charge is -2.24. The fraction of sp³-hybridized carbons (Fsp3) is 0.238. The summed E-state index contributed by atoms with van der Waals surface area (Å²) < 4.78 is 11.0. The summed E-state index contributed by atoms with van der Waals surface area (Å²) in [7, 11) is 0. The monoisotopic (exact) mass is 334 g/mol. The van der Waals surface area contributed by atoms with Gasteiger partial charge in [0.1, 0.15) is 11.5 Å². The summed E-state index contributed by atoms with van der Waals surface area (Å²) in [6, 6.07) is 17.9. The number of benzene rings is 2. The third-order valence-corrected chi connectivity index (χ3v) is 4.93. The van der Waals surface area contributed by atoms with Crippen LogP contribution in [0.3, 0.4) is 0 Å². The average molecular weight is 334 g/mol. The lowest BCUT2D eigenvalue weighted by atomic mass is 9.83. The number of ether oxygens (including phenoxy) is 2. The van der Waals surface area contributed by atoms with Crippen molar-refractivity contribution < 1.29 is 19.1 Å². The van der Waals surface area contributed by atoms with E-state index in [1.807, 2.05) is 48.6 Å². The quantitative estimate of drug-likeness (QED) is 0.487. The number of para-hydroxylation sites is 2. The first-order valence-electron chi connectivity index (χ1n) is 8.44. The van der Waals surface area contributed by atoms with Gasteiger partial charge in [-0.1, -0.05) is 48.6 Å². The Bertz CT molecular complexity index is 730. The summed E-state index contributed by atoms with van der Waals surface area (Å²) in [6.45, 7) is 0. The van der Waals surface area contributed by atoms with Crippen molar-refractivity contribution in [2.24, 2.45) is 23.7 Å². The summed E-state index contributed by atoms with van der Waals surface area (Å²) in [6.07, 6.45) is 4.84. The molecule has 0 spiro atoms. The van der Waals surface area contributed by atoms with Crippen LogP contribution >= 0.6 is 0 Å².